The molecule has 1 aliphatic rings. The maximum atomic E-state index is 15.0. The summed E-state index contributed by atoms with van der Waals surface area (Å²) in [6.45, 7) is 0.844. The van der Waals surface area contributed by atoms with Crippen molar-refractivity contribution in [3.63, 3.8) is 0 Å². The maximum absolute atomic E-state index is 15.0. The zero-order valence-electron chi connectivity index (χ0n) is 21.4. The predicted octanol–water partition coefficient (Wildman–Crippen LogP) is 6.08. The van der Waals surface area contributed by atoms with Crippen LogP contribution >= 0.6 is 23.5 Å². The van der Waals surface area contributed by atoms with Crippen molar-refractivity contribution in [1.29, 1.82) is 0 Å². The highest BCUT2D eigenvalue weighted by molar-refractivity contribution is 8.00. The van der Waals surface area contributed by atoms with Crippen LogP contribution in [-0.4, -0.2) is 53.1 Å². The number of aromatic nitrogens is 3. The number of halogens is 2. The van der Waals surface area contributed by atoms with E-state index in [-0.39, 0.29) is 11.8 Å². The second kappa shape index (κ2) is 12.4. The van der Waals surface area contributed by atoms with E-state index in [1.807, 2.05) is 18.2 Å². The van der Waals surface area contributed by atoms with Gasteiger partial charge >= 0.3 is 0 Å². The topological polar surface area (TPSA) is 109 Å². The Kier molecular flexibility index (Phi) is 8.69. The van der Waals surface area contributed by atoms with Gasteiger partial charge in [-0.3, -0.25) is 4.98 Å². The van der Waals surface area contributed by atoms with Crippen LogP contribution in [0.4, 0.5) is 16.0 Å². The summed E-state index contributed by atoms with van der Waals surface area (Å²) >= 11 is 7.47. The lowest BCUT2D eigenvalue weighted by atomic mass is 10.1. The molecule has 3 heterocycles. The fraction of sp³-hybridized carbons (Fsp3) is 0.222. The van der Waals surface area contributed by atoms with Crippen molar-refractivity contribution < 1.29 is 17.5 Å². The number of sulfonamides is 1. The quantitative estimate of drug-likeness (QED) is 0.221. The third kappa shape index (κ3) is 7.00. The van der Waals surface area contributed by atoms with E-state index in [9.17, 15) is 8.42 Å². The van der Waals surface area contributed by atoms with E-state index >= 15 is 4.39 Å². The van der Waals surface area contributed by atoms with E-state index in [2.05, 4.69) is 25.0 Å². The minimum absolute atomic E-state index is 0.0382. The number of pyridine rings is 1. The molecular formula is C27H26ClFN6O3S2. The number of hydrogen-bond acceptors (Lipinski definition) is 9. The Morgan fingerprint density at radius 2 is 1.98 bits per heavy atom. The number of benzene rings is 2. The number of anilines is 2. The first kappa shape index (κ1) is 28.1. The van der Waals surface area contributed by atoms with Gasteiger partial charge in [-0.1, -0.05) is 23.7 Å². The third-order valence-electron chi connectivity index (χ3n) is 6.17. The van der Waals surface area contributed by atoms with Crippen molar-refractivity contribution in [1.82, 2.24) is 19.3 Å². The largest absolute Gasteiger partial charge is 0.453 e. The molecule has 1 fully saturated rings. The molecule has 1 unspecified atom stereocenters. The van der Waals surface area contributed by atoms with Gasteiger partial charge in [-0.25, -0.2) is 27.1 Å². The number of ether oxygens (including phenoxy) is 1. The van der Waals surface area contributed by atoms with Gasteiger partial charge in [0.15, 0.2) is 11.6 Å². The number of hydrogen-bond donors (Lipinski definition) is 2. The first-order valence-electron chi connectivity index (χ1n) is 12.4. The first-order chi connectivity index (χ1) is 19.3. The van der Waals surface area contributed by atoms with E-state index in [4.69, 9.17) is 16.3 Å². The highest BCUT2D eigenvalue weighted by Crippen LogP contribution is 2.35. The number of piperidine rings is 1. The SMILES string of the molecule is CS(=O)(=O)N1CCCC(Nc2nccc(-c3cnccc3Oc3ccc(NSc4ccccc4Cl)cc3F)n2)C1. The van der Waals surface area contributed by atoms with Crippen molar-refractivity contribution in [2.24, 2.45) is 0 Å². The molecular weight excluding hydrogens is 575 g/mol. The van der Waals surface area contributed by atoms with Crippen molar-refractivity contribution in [2.45, 2.75) is 23.8 Å². The molecule has 1 atom stereocenters. The molecule has 2 aromatic heterocycles. The lowest BCUT2D eigenvalue weighted by Crippen LogP contribution is -2.44. The number of rotatable bonds is 9. The standard InChI is InChI=1S/C27H26ClFN6O3S2/c1-40(36,37)35-14-4-5-19(17-35)32-27-31-13-10-23(33-27)20-16-30-12-11-24(20)38-25-9-8-18(15-22(25)29)34-39-26-7-3-2-6-21(26)28/h2-3,6-13,15-16,19,34H,4-5,14,17H2,1H3,(H,31,32,33). The monoisotopic (exact) mass is 600 g/mol. The Balaban J connectivity index is 1.30. The first-order valence-corrected chi connectivity index (χ1v) is 15.4. The fourth-order valence-corrected chi connectivity index (χ4v) is 6.02. The van der Waals surface area contributed by atoms with E-state index in [0.29, 0.717) is 46.8 Å². The van der Waals surface area contributed by atoms with Gasteiger partial charge in [0, 0.05) is 54.4 Å². The van der Waals surface area contributed by atoms with E-state index < -0.39 is 15.8 Å². The smallest absolute Gasteiger partial charge is 0.223 e. The summed E-state index contributed by atoms with van der Waals surface area (Å²) in [7, 11) is -3.28. The van der Waals surface area contributed by atoms with Gasteiger partial charge in [-0.2, -0.15) is 0 Å². The van der Waals surface area contributed by atoms with Gasteiger partial charge in [0.1, 0.15) is 5.75 Å². The minimum Gasteiger partial charge on any atom is -0.453 e. The highest BCUT2D eigenvalue weighted by atomic mass is 35.5. The average Bonchev–Trinajstić information content (AvgIpc) is 2.94. The lowest BCUT2D eigenvalue weighted by molar-refractivity contribution is 0.328. The van der Waals surface area contributed by atoms with Crippen LogP contribution in [0.15, 0.2) is 78.1 Å². The van der Waals surface area contributed by atoms with E-state index in [0.717, 1.165) is 17.7 Å². The van der Waals surface area contributed by atoms with Gasteiger partial charge in [-0.05, 0) is 61.2 Å². The van der Waals surface area contributed by atoms with E-state index in [1.165, 1.54) is 28.6 Å². The Morgan fingerprint density at radius 3 is 2.77 bits per heavy atom. The van der Waals surface area contributed by atoms with Gasteiger partial charge in [-0.15, -0.1) is 0 Å². The number of nitrogens with one attached hydrogen (secondary N) is 2. The summed E-state index contributed by atoms with van der Waals surface area (Å²) in [5, 5.41) is 3.84. The molecule has 0 bridgehead atoms. The van der Waals surface area contributed by atoms with Gasteiger partial charge in [0.05, 0.1) is 22.5 Å². The Bertz CT molecular complexity index is 1610. The second-order valence-corrected chi connectivity index (χ2v) is 12.4. The van der Waals surface area contributed by atoms with Gasteiger partial charge in [0.25, 0.3) is 0 Å². The van der Waals surface area contributed by atoms with Crippen LogP contribution < -0.4 is 14.8 Å². The van der Waals surface area contributed by atoms with Crippen LogP contribution in [0.3, 0.4) is 0 Å². The molecule has 1 aliphatic heterocycles. The van der Waals surface area contributed by atoms with Crippen LogP contribution in [0.25, 0.3) is 11.3 Å². The van der Waals surface area contributed by atoms with Crippen LogP contribution in [-0.2, 0) is 10.0 Å². The second-order valence-electron chi connectivity index (χ2n) is 9.12. The van der Waals surface area contributed by atoms with Crippen LogP contribution in [0.1, 0.15) is 12.8 Å². The molecule has 40 heavy (non-hydrogen) atoms. The lowest BCUT2D eigenvalue weighted by Gasteiger charge is -2.31. The Labute approximate surface area is 241 Å². The summed E-state index contributed by atoms with van der Waals surface area (Å²) in [6, 6.07) is 15.2. The molecule has 0 aliphatic carbocycles. The molecule has 0 saturated carbocycles. The Hall–Kier alpha value is -3.45. The highest BCUT2D eigenvalue weighted by Gasteiger charge is 2.26. The van der Waals surface area contributed by atoms with Crippen molar-refractivity contribution in [3.8, 4) is 22.8 Å². The van der Waals surface area contributed by atoms with Crippen LogP contribution in [0.5, 0.6) is 11.5 Å². The van der Waals surface area contributed by atoms with Crippen molar-refractivity contribution >= 4 is 45.2 Å². The molecule has 2 N–H and O–H groups in total. The number of nitrogens with zero attached hydrogens (tertiary/aromatic N) is 4. The van der Waals surface area contributed by atoms with Crippen molar-refractivity contribution in [3.05, 3.63) is 84.0 Å². The molecule has 13 heteroatoms. The summed E-state index contributed by atoms with van der Waals surface area (Å²) in [5.41, 5.74) is 1.62. The van der Waals surface area contributed by atoms with Crippen LogP contribution in [0.2, 0.25) is 5.02 Å². The molecule has 0 spiro atoms. The Morgan fingerprint density at radius 1 is 1.12 bits per heavy atom. The summed E-state index contributed by atoms with van der Waals surface area (Å²) in [6.07, 6.45) is 7.47. The van der Waals surface area contributed by atoms with E-state index in [1.54, 1.807) is 48.9 Å². The fourth-order valence-electron chi connectivity index (χ4n) is 4.19. The average molecular weight is 601 g/mol. The summed E-state index contributed by atoms with van der Waals surface area (Å²) < 4.78 is 49.4. The minimum atomic E-state index is -3.28. The third-order valence-corrected chi connectivity index (χ3v) is 8.79. The van der Waals surface area contributed by atoms with Crippen molar-refractivity contribution in [2.75, 3.05) is 29.4 Å². The molecule has 2 aromatic carbocycles. The zero-order valence-corrected chi connectivity index (χ0v) is 23.8. The molecule has 4 aromatic rings. The van der Waals surface area contributed by atoms with Gasteiger partial charge < -0.3 is 14.8 Å². The predicted molar refractivity (Wildman–Crippen MR) is 156 cm³/mol. The maximum Gasteiger partial charge on any atom is 0.223 e. The molecule has 1 saturated heterocycles. The summed E-state index contributed by atoms with van der Waals surface area (Å²) in [4.78, 5) is 13.9. The van der Waals surface area contributed by atoms with Crippen LogP contribution in [0, 0.1) is 5.82 Å². The zero-order chi connectivity index (χ0) is 28.1. The molecule has 0 radical (unpaired) electrons. The normalized spacial score (nSPS) is 15.9. The molecule has 9 nitrogen and oxygen atoms in total. The summed E-state index contributed by atoms with van der Waals surface area (Å²) in [5.74, 6) is 0.206. The van der Waals surface area contributed by atoms with Gasteiger partial charge in [0.2, 0.25) is 16.0 Å². The molecule has 5 rings (SSSR count). The molecule has 208 valence electrons. The molecule has 0 amide bonds.